The van der Waals surface area contributed by atoms with Crippen molar-refractivity contribution in [3.05, 3.63) is 28.8 Å². The molecule has 1 N–H and O–H groups in total. The van der Waals surface area contributed by atoms with Gasteiger partial charge in [-0.15, -0.1) is 0 Å². The van der Waals surface area contributed by atoms with E-state index in [4.69, 9.17) is 11.6 Å². The standard InChI is InChI=1S/C15H17ClN2O2/c1-9(19)11-5-4-10(7-13(11)16)18-6-2-3-12-14(18)8-17-15(12)20/h4-5,7,12,14H,2-3,6,8H2,1H3,(H,17,20). The van der Waals surface area contributed by atoms with Crippen LogP contribution >= 0.6 is 11.6 Å². The molecule has 2 atom stereocenters. The molecule has 2 unspecified atom stereocenters. The Morgan fingerprint density at radius 3 is 2.95 bits per heavy atom. The molecule has 0 saturated carbocycles. The zero-order valence-corrected chi connectivity index (χ0v) is 12.1. The zero-order valence-electron chi connectivity index (χ0n) is 11.4. The predicted molar refractivity (Wildman–Crippen MR) is 78.3 cm³/mol. The number of hydrogen-bond donors (Lipinski definition) is 1. The average Bonchev–Trinajstić information content (AvgIpc) is 2.80. The van der Waals surface area contributed by atoms with E-state index in [9.17, 15) is 9.59 Å². The number of carbonyl (C=O) groups is 2. The summed E-state index contributed by atoms with van der Waals surface area (Å²) in [5, 5.41) is 3.42. The number of halogens is 1. The highest BCUT2D eigenvalue weighted by Crippen LogP contribution is 2.33. The first-order valence-corrected chi connectivity index (χ1v) is 7.30. The first-order valence-electron chi connectivity index (χ1n) is 6.93. The highest BCUT2D eigenvalue weighted by molar-refractivity contribution is 6.34. The maximum absolute atomic E-state index is 11.8. The maximum Gasteiger partial charge on any atom is 0.225 e. The van der Waals surface area contributed by atoms with Crippen LogP contribution in [-0.2, 0) is 4.79 Å². The number of nitrogens with zero attached hydrogens (tertiary/aromatic N) is 1. The predicted octanol–water partition coefficient (Wildman–Crippen LogP) is 2.26. The minimum absolute atomic E-state index is 0.0317. The fraction of sp³-hybridized carbons (Fsp3) is 0.467. The number of piperidine rings is 1. The molecule has 0 aliphatic carbocycles. The van der Waals surface area contributed by atoms with Crippen molar-refractivity contribution in [1.82, 2.24) is 5.32 Å². The van der Waals surface area contributed by atoms with E-state index >= 15 is 0 Å². The lowest BCUT2D eigenvalue weighted by Crippen LogP contribution is -2.45. The van der Waals surface area contributed by atoms with E-state index in [2.05, 4.69) is 10.2 Å². The molecular weight excluding hydrogens is 276 g/mol. The van der Waals surface area contributed by atoms with Crippen molar-refractivity contribution in [1.29, 1.82) is 0 Å². The summed E-state index contributed by atoms with van der Waals surface area (Å²) in [5.41, 5.74) is 1.54. The summed E-state index contributed by atoms with van der Waals surface area (Å²) in [4.78, 5) is 25.5. The summed E-state index contributed by atoms with van der Waals surface area (Å²) in [6, 6.07) is 5.74. The molecule has 2 heterocycles. The lowest BCUT2D eigenvalue weighted by atomic mass is 9.91. The summed E-state index contributed by atoms with van der Waals surface area (Å²) >= 11 is 6.19. The number of ketones is 1. The van der Waals surface area contributed by atoms with Gasteiger partial charge in [0.25, 0.3) is 0 Å². The number of rotatable bonds is 2. The Morgan fingerprint density at radius 1 is 1.45 bits per heavy atom. The van der Waals surface area contributed by atoms with Crippen LogP contribution in [0.2, 0.25) is 5.02 Å². The highest BCUT2D eigenvalue weighted by atomic mass is 35.5. The fourth-order valence-electron chi connectivity index (χ4n) is 3.24. The number of anilines is 1. The van der Waals surface area contributed by atoms with Crippen molar-refractivity contribution in [3.63, 3.8) is 0 Å². The van der Waals surface area contributed by atoms with Gasteiger partial charge in [0.2, 0.25) is 5.91 Å². The van der Waals surface area contributed by atoms with Gasteiger partial charge >= 0.3 is 0 Å². The van der Waals surface area contributed by atoms with Gasteiger partial charge in [-0.2, -0.15) is 0 Å². The van der Waals surface area contributed by atoms with E-state index in [1.165, 1.54) is 6.92 Å². The van der Waals surface area contributed by atoms with E-state index in [1.54, 1.807) is 6.07 Å². The van der Waals surface area contributed by atoms with Gasteiger partial charge in [0.05, 0.1) is 17.0 Å². The largest absolute Gasteiger partial charge is 0.366 e. The molecule has 2 aliphatic rings. The van der Waals surface area contributed by atoms with Crippen LogP contribution in [0.15, 0.2) is 18.2 Å². The quantitative estimate of drug-likeness (QED) is 0.851. The number of fused-ring (bicyclic) bond motifs is 1. The molecule has 3 rings (SSSR count). The highest BCUT2D eigenvalue weighted by Gasteiger charge is 2.40. The van der Waals surface area contributed by atoms with Crippen LogP contribution in [0.5, 0.6) is 0 Å². The Balaban J connectivity index is 1.90. The molecule has 0 bridgehead atoms. The molecule has 2 aliphatic heterocycles. The number of benzene rings is 1. The zero-order chi connectivity index (χ0) is 14.3. The van der Waals surface area contributed by atoms with E-state index in [0.717, 1.165) is 25.1 Å². The molecule has 4 nitrogen and oxygen atoms in total. The monoisotopic (exact) mass is 292 g/mol. The minimum Gasteiger partial charge on any atom is -0.366 e. The second-order valence-electron chi connectivity index (χ2n) is 5.47. The van der Waals surface area contributed by atoms with Crippen molar-refractivity contribution in [3.8, 4) is 0 Å². The molecule has 0 spiro atoms. The van der Waals surface area contributed by atoms with Gasteiger partial charge in [0.15, 0.2) is 5.78 Å². The van der Waals surface area contributed by atoms with Gasteiger partial charge in [0.1, 0.15) is 0 Å². The second-order valence-corrected chi connectivity index (χ2v) is 5.88. The first-order chi connectivity index (χ1) is 9.58. The molecular formula is C15H17ClN2O2. The van der Waals surface area contributed by atoms with Crippen LogP contribution in [0.1, 0.15) is 30.1 Å². The topological polar surface area (TPSA) is 49.4 Å². The van der Waals surface area contributed by atoms with Crippen LogP contribution in [0.4, 0.5) is 5.69 Å². The molecule has 5 heteroatoms. The molecule has 2 saturated heterocycles. The van der Waals surface area contributed by atoms with E-state index in [0.29, 0.717) is 17.1 Å². The Bertz CT molecular complexity index is 573. The SMILES string of the molecule is CC(=O)c1ccc(N2CCCC3C(=O)NCC32)cc1Cl. The van der Waals surface area contributed by atoms with Crippen molar-refractivity contribution in [2.75, 3.05) is 18.0 Å². The van der Waals surface area contributed by atoms with Gasteiger partial charge in [-0.1, -0.05) is 11.6 Å². The van der Waals surface area contributed by atoms with Crippen LogP contribution in [0.25, 0.3) is 0 Å². The first kappa shape index (κ1) is 13.4. The van der Waals surface area contributed by atoms with E-state index < -0.39 is 0 Å². The molecule has 1 aromatic carbocycles. The lowest BCUT2D eigenvalue weighted by molar-refractivity contribution is -0.122. The Morgan fingerprint density at radius 2 is 2.25 bits per heavy atom. The maximum atomic E-state index is 11.8. The van der Waals surface area contributed by atoms with Crippen molar-refractivity contribution >= 4 is 29.0 Å². The Hall–Kier alpha value is -1.55. The van der Waals surface area contributed by atoms with Gasteiger partial charge < -0.3 is 10.2 Å². The van der Waals surface area contributed by atoms with Crippen molar-refractivity contribution in [2.45, 2.75) is 25.8 Å². The van der Waals surface area contributed by atoms with Gasteiger partial charge in [-0.05, 0) is 38.0 Å². The Kier molecular flexibility index (Phi) is 3.42. The minimum atomic E-state index is -0.0317. The molecule has 0 aromatic heterocycles. The summed E-state index contributed by atoms with van der Waals surface area (Å²) < 4.78 is 0. The molecule has 106 valence electrons. The second kappa shape index (κ2) is 5.09. The molecule has 20 heavy (non-hydrogen) atoms. The van der Waals surface area contributed by atoms with Gasteiger partial charge in [-0.25, -0.2) is 0 Å². The molecule has 0 radical (unpaired) electrons. The van der Waals surface area contributed by atoms with Gasteiger partial charge in [0, 0.05) is 24.3 Å². The van der Waals surface area contributed by atoms with E-state index in [1.807, 2.05) is 12.1 Å². The molecule has 1 aromatic rings. The fourth-order valence-corrected chi connectivity index (χ4v) is 3.55. The third-order valence-corrected chi connectivity index (χ3v) is 4.58. The molecule has 2 fully saturated rings. The van der Waals surface area contributed by atoms with Crippen LogP contribution in [-0.4, -0.2) is 30.8 Å². The van der Waals surface area contributed by atoms with Crippen LogP contribution in [0.3, 0.4) is 0 Å². The van der Waals surface area contributed by atoms with Crippen molar-refractivity contribution in [2.24, 2.45) is 5.92 Å². The average molecular weight is 293 g/mol. The lowest BCUT2D eigenvalue weighted by Gasteiger charge is -2.37. The molecule has 1 amide bonds. The third kappa shape index (κ3) is 2.18. The summed E-state index contributed by atoms with van der Waals surface area (Å²) in [7, 11) is 0. The number of hydrogen-bond acceptors (Lipinski definition) is 3. The van der Waals surface area contributed by atoms with Crippen molar-refractivity contribution < 1.29 is 9.59 Å². The number of nitrogens with one attached hydrogen (secondary N) is 1. The smallest absolute Gasteiger partial charge is 0.225 e. The number of amides is 1. The van der Waals surface area contributed by atoms with Gasteiger partial charge in [-0.3, -0.25) is 9.59 Å². The van der Waals surface area contributed by atoms with E-state index in [-0.39, 0.29) is 23.7 Å². The summed E-state index contributed by atoms with van der Waals surface area (Å²) in [5.74, 6) is 0.206. The summed E-state index contributed by atoms with van der Waals surface area (Å²) in [6.07, 6.45) is 1.95. The number of carbonyl (C=O) groups excluding carboxylic acids is 2. The normalized spacial score (nSPS) is 25.3. The van der Waals surface area contributed by atoms with Crippen LogP contribution < -0.4 is 10.2 Å². The Labute approximate surface area is 123 Å². The number of Topliss-reactive ketones (excluding diaryl/α,β-unsaturated/α-hetero) is 1. The summed E-state index contributed by atoms with van der Waals surface area (Å²) in [6.45, 7) is 3.12. The third-order valence-electron chi connectivity index (χ3n) is 4.26. The van der Waals surface area contributed by atoms with Crippen LogP contribution in [0, 0.1) is 5.92 Å².